The number of aryl methyl sites for hydroxylation is 10. The largest absolute Gasteiger partial charge is 0.398 e. The molecule has 0 amide bonds. The number of nitrogen functional groups attached to an aromatic ring is 2. The second kappa shape index (κ2) is 14.4. The minimum atomic E-state index is 0.805. The first kappa shape index (κ1) is 38.6. The molecule has 7 aromatic rings. The summed E-state index contributed by atoms with van der Waals surface area (Å²) in [7, 11) is 0. The van der Waals surface area contributed by atoms with E-state index in [4.69, 9.17) is 21.4 Å². The van der Waals surface area contributed by atoms with Crippen LogP contribution in [0.5, 0.6) is 0 Å². The van der Waals surface area contributed by atoms with Crippen molar-refractivity contribution >= 4 is 57.7 Å². The topological polar surface area (TPSA) is 109 Å². The van der Waals surface area contributed by atoms with Gasteiger partial charge < -0.3 is 21.4 Å². The molecular weight excluding hydrogens is 733 g/mol. The van der Waals surface area contributed by atoms with Gasteiger partial charge in [0.15, 0.2) is 0 Å². The summed E-state index contributed by atoms with van der Waals surface area (Å²) >= 11 is 0. The fourth-order valence-electron chi connectivity index (χ4n) is 9.73. The smallest absolute Gasteiger partial charge is 0.0737 e. The molecule has 6 nitrogen and oxygen atoms in total. The number of aromatic amines is 2. The molecule has 3 aromatic heterocycles. The molecule has 0 spiro atoms. The Morgan fingerprint density at radius 1 is 0.333 bits per heavy atom. The summed E-state index contributed by atoms with van der Waals surface area (Å²) in [5, 5.41) is 0. The van der Waals surface area contributed by atoms with E-state index in [-0.39, 0.29) is 0 Å². The zero-order valence-electron chi connectivity index (χ0n) is 36.3. The molecule has 6 heteroatoms. The summed E-state index contributed by atoms with van der Waals surface area (Å²) in [4.78, 5) is 19.0. The van der Waals surface area contributed by atoms with Crippen LogP contribution in [0, 0.1) is 69.2 Å². The highest BCUT2D eigenvalue weighted by atomic mass is 14.8. The number of hydrogen-bond donors (Lipinski definition) is 4. The van der Waals surface area contributed by atoms with E-state index < -0.39 is 0 Å². The van der Waals surface area contributed by atoms with Crippen LogP contribution in [0.25, 0.3) is 90.9 Å². The average molecular weight is 785 g/mol. The van der Waals surface area contributed by atoms with Crippen LogP contribution in [0.1, 0.15) is 78.4 Å². The number of anilines is 2. The van der Waals surface area contributed by atoms with Gasteiger partial charge >= 0.3 is 0 Å². The average Bonchev–Trinajstić information content (AvgIpc) is 4.02. The normalized spacial score (nSPS) is 12.2. The van der Waals surface area contributed by atoms with Crippen molar-refractivity contribution in [1.82, 2.24) is 19.9 Å². The molecule has 8 bridgehead atoms. The van der Waals surface area contributed by atoms with Crippen molar-refractivity contribution < 1.29 is 0 Å². The zero-order valence-corrected chi connectivity index (χ0v) is 36.3. The predicted molar refractivity (Wildman–Crippen MR) is 257 cm³/mol. The van der Waals surface area contributed by atoms with Crippen LogP contribution in [0.3, 0.4) is 0 Å². The number of hydrogen-bond acceptors (Lipinski definition) is 4. The lowest BCUT2D eigenvalue weighted by atomic mass is 9.92. The summed E-state index contributed by atoms with van der Waals surface area (Å²) in [6, 6.07) is 26.6. The minimum absolute atomic E-state index is 0.805. The summed E-state index contributed by atoms with van der Waals surface area (Å²) in [6.07, 6.45) is 8.66. The van der Waals surface area contributed by atoms with Crippen molar-refractivity contribution in [1.29, 1.82) is 0 Å². The van der Waals surface area contributed by atoms with Crippen LogP contribution < -0.4 is 11.5 Å². The summed E-state index contributed by atoms with van der Waals surface area (Å²) in [5.41, 5.74) is 42.1. The second-order valence-corrected chi connectivity index (χ2v) is 17.1. The van der Waals surface area contributed by atoms with E-state index in [2.05, 4.69) is 176 Å². The van der Waals surface area contributed by atoms with Crippen molar-refractivity contribution in [3.8, 4) is 44.5 Å². The fraction of sp³-hybridized carbons (Fsp3) is 0.185. The van der Waals surface area contributed by atoms with Gasteiger partial charge in [-0.2, -0.15) is 0 Å². The Hall–Kier alpha value is -6.92. The monoisotopic (exact) mass is 784 g/mol. The molecule has 0 unspecified atom stereocenters. The van der Waals surface area contributed by atoms with Gasteiger partial charge in [0.05, 0.1) is 22.8 Å². The zero-order chi connectivity index (χ0) is 42.3. The van der Waals surface area contributed by atoms with Gasteiger partial charge in [0.2, 0.25) is 0 Å². The number of rotatable bonds is 4. The molecule has 60 heavy (non-hydrogen) atoms. The van der Waals surface area contributed by atoms with Crippen LogP contribution in [-0.2, 0) is 0 Å². The molecule has 2 aliphatic rings. The predicted octanol–water partition coefficient (Wildman–Crippen LogP) is 13.6. The highest BCUT2D eigenvalue weighted by Gasteiger charge is 2.22. The van der Waals surface area contributed by atoms with Gasteiger partial charge in [-0.05, 0) is 209 Å². The number of benzene rings is 4. The van der Waals surface area contributed by atoms with Gasteiger partial charge in [-0.1, -0.05) is 35.4 Å². The molecule has 2 aliphatic heterocycles. The number of H-pyrrole nitrogens is 2. The Morgan fingerprint density at radius 3 is 0.900 bits per heavy atom. The lowest BCUT2D eigenvalue weighted by molar-refractivity contribution is 1.28. The van der Waals surface area contributed by atoms with Crippen LogP contribution >= 0.6 is 0 Å². The third-order valence-corrected chi connectivity index (χ3v) is 12.4. The molecule has 0 atom stereocenters. The van der Waals surface area contributed by atoms with E-state index in [0.717, 1.165) is 112 Å². The van der Waals surface area contributed by atoms with Crippen molar-refractivity contribution in [2.45, 2.75) is 69.2 Å². The molecular formula is C54H52N6. The maximum Gasteiger partial charge on any atom is 0.0737 e. The van der Waals surface area contributed by atoms with Gasteiger partial charge in [0.25, 0.3) is 0 Å². The molecule has 5 heterocycles. The summed E-state index contributed by atoms with van der Waals surface area (Å²) in [6.45, 7) is 21.4. The number of nitrogens with two attached hydrogens (primary N) is 2. The molecule has 6 N–H and O–H groups in total. The first-order chi connectivity index (χ1) is 28.7. The second-order valence-electron chi connectivity index (χ2n) is 17.1. The van der Waals surface area contributed by atoms with Gasteiger partial charge in [-0.25, -0.2) is 9.97 Å². The van der Waals surface area contributed by atoms with Crippen molar-refractivity contribution in [2.24, 2.45) is 0 Å². The van der Waals surface area contributed by atoms with E-state index >= 15 is 0 Å². The SMILES string of the molecule is Cc1cc(C)c(-c2c3nc(c(-c4cc(C)c(N)c(C)c4)c4ccc([nH]4)c(-c4c(C)cc(C)cc4C)c4nc(c(-c5cc(C)c(N)c(C)c5)c5ccc2[nH]5)C=C4)C=C3)c(C)c1. The molecule has 4 aromatic carbocycles. The minimum Gasteiger partial charge on any atom is -0.398 e. The highest BCUT2D eigenvalue weighted by molar-refractivity contribution is 6.01. The van der Waals surface area contributed by atoms with Gasteiger partial charge in [-0.3, -0.25) is 0 Å². The Kier molecular flexibility index (Phi) is 9.27. The molecule has 0 saturated carbocycles. The van der Waals surface area contributed by atoms with E-state index in [9.17, 15) is 0 Å². The lowest BCUT2D eigenvalue weighted by Gasteiger charge is -2.14. The van der Waals surface area contributed by atoms with E-state index in [1.54, 1.807) is 0 Å². The van der Waals surface area contributed by atoms with Crippen molar-refractivity contribution in [3.63, 3.8) is 0 Å². The summed E-state index contributed by atoms with van der Waals surface area (Å²) in [5.74, 6) is 0. The Labute approximate surface area is 352 Å². The molecule has 298 valence electrons. The number of nitrogens with zero attached hydrogens (tertiary/aromatic N) is 2. The first-order valence-corrected chi connectivity index (χ1v) is 20.7. The molecule has 0 fully saturated rings. The first-order valence-electron chi connectivity index (χ1n) is 20.7. The van der Waals surface area contributed by atoms with Crippen LogP contribution in [0.2, 0.25) is 0 Å². The van der Waals surface area contributed by atoms with Crippen molar-refractivity contribution in [3.05, 3.63) is 151 Å². The van der Waals surface area contributed by atoms with E-state index in [1.807, 2.05) is 0 Å². The number of fused-ring (bicyclic) bond motifs is 8. The Bertz CT molecular complexity index is 2910. The van der Waals surface area contributed by atoms with Gasteiger partial charge in [0, 0.05) is 55.7 Å². The fourth-order valence-corrected chi connectivity index (χ4v) is 9.73. The highest BCUT2D eigenvalue weighted by Crippen LogP contribution is 2.42. The standard InChI is InChI=1S/C54H52N6/c1-27-19-29(3)47(30(4)20-27)51-43-15-11-39(57-43)49(37-23-33(7)53(55)34(8)24-37)41-13-17-45(59-41)52(48-31(5)21-28(2)22-32(48)6)46-18-14-42(60-46)50(40-12-16-44(51)58-40)38-25-35(9)54(56)36(10)26-38/h11-26,57,60H,55-56H2,1-10H3. The molecule has 0 saturated heterocycles. The van der Waals surface area contributed by atoms with Gasteiger partial charge in [0.1, 0.15) is 0 Å². The number of nitrogens with one attached hydrogen (secondary N) is 2. The van der Waals surface area contributed by atoms with Crippen molar-refractivity contribution in [2.75, 3.05) is 11.5 Å². The number of aromatic nitrogens is 4. The van der Waals surface area contributed by atoms with E-state index in [1.165, 1.54) is 44.5 Å². The lowest BCUT2D eigenvalue weighted by Crippen LogP contribution is -1.96. The molecule has 0 aliphatic carbocycles. The van der Waals surface area contributed by atoms with E-state index in [0.29, 0.717) is 0 Å². The van der Waals surface area contributed by atoms with Crippen LogP contribution in [0.4, 0.5) is 11.4 Å². The summed E-state index contributed by atoms with van der Waals surface area (Å²) < 4.78 is 0. The van der Waals surface area contributed by atoms with Crippen LogP contribution in [0.15, 0.2) is 72.8 Å². The maximum absolute atomic E-state index is 6.56. The van der Waals surface area contributed by atoms with Gasteiger partial charge in [-0.15, -0.1) is 0 Å². The quantitative estimate of drug-likeness (QED) is 0.133. The third kappa shape index (κ3) is 6.44. The molecule has 9 rings (SSSR count). The molecule has 0 radical (unpaired) electrons. The van der Waals surface area contributed by atoms with Crippen LogP contribution in [-0.4, -0.2) is 19.9 Å². The Balaban J connectivity index is 1.53. The maximum atomic E-state index is 6.56. The third-order valence-electron chi connectivity index (χ3n) is 12.4. The Morgan fingerprint density at radius 2 is 0.600 bits per heavy atom.